The third kappa shape index (κ3) is 3.37. The molecule has 18 heavy (non-hydrogen) atoms. The van der Waals surface area contributed by atoms with E-state index in [0.717, 1.165) is 16.4 Å². The van der Waals surface area contributed by atoms with Crippen LogP contribution in [0.25, 0.3) is 10.7 Å². The Morgan fingerprint density at radius 3 is 2.94 bits per heavy atom. The summed E-state index contributed by atoms with van der Waals surface area (Å²) >= 11 is 1.51. The zero-order valence-electron chi connectivity index (χ0n) is 10.4. The second-order valence-electron chi connectivity index (χ2n) is 4.26. The van der Waals surface area contributed by atoms with Crippen molar-refractivity contribution in [1.29, 1.82) is 0 Å². The van der Waals surface area contributed by atoms with E-state index in [0.29, 0.717) is 6.42 Å². The highest BCUT2D eigenvalue weighted by molar-refractivity contribution is 7.13. The van der Waals surface area contributed by atoms with Crippen molar-refractivity contribution in [1.82, 2.24) is 15.3 Å². The van der Waals surface area contributed by atoms with E-state index in [4.69, 9.17) is 0 Å². The molecule has 1 N–H and O–H groups in total. The molecule has 0 atom stereocenters. The predicted octanol–water partition coefficient (Wildman–Crippen LogP) is 2.27. The third-order valence-electron chi connectivity index (χ3n) is 2.23. The standard InChI is InChI=1S/C13H15N3OS/c1-9(2)15-12(17)7-10-8-18-13(16-10)11-5-3-4-6-14-11/h3-6,8-9H,7H2,1-2H3,(H,15,17). The fraction of sp³-hybridized carbons (Fsp3) is 0.308. The van der Waals surface area contributed by atoms with E-state index in [1.165, 1.54) is 11.3 Å². The van der Waals surface area contributed by atoms with Gasteiger partial charge in [-0.15, -0.1) is 11.3 Å². The molecule has 4 nitrogen and oxygen atoms in total. The Morgan fingerprint density at radius 2 is 2.28 bits per heavy atom. The maximum atomic E-state index is 11.6. The van der Waals surface area contributed by atoms with Gasteiger partial charge in [0.05, 0.1) is 17.8 Å². The Hall–Kier alpha value is -1.75. The van der Waals surface area contributed by atoms with Crippen LogP contribution in [0.2, 0.25) is 0 Å². The highest BCUT2D eigenvalue weighted by atomic mass is 32.1. The minimum Gasteiger partial charge on any atom is -0.354 e. The molecular formula is C13H15N3OS. The topological polar surface area (TPSA) is 54.9 Å². The molecule has 0 radical (unpaired) electrons. The molecule has 5 heteroatoms. The van der Waals surface area contributed by atoms with Gasteiger partial charge >= 0.3 is 0 Å². The lowest BCUT2D eigenvalue weighted by atomic mass is 10.3. The van der Waals surface area contributed by atoms with Crippen LogP contribution in [0.5, 0.6) is 0 Å². The summed E-state index contributed by atoms with van der Waals surface area (Å²) in [5.41, 5.74) is 1.64. The smallest absolute Gasteiger partial charge is 0.226 e. The van der Waals surface area contributed by atoms with Gasteiger partial charge in [-0.05, 0) is 26.0 Å². The minimum absolute atomic E-state index is 0.00266. The average molecular weight is 261 g/mol. The van der Waals surface area contributed by atoms with Gasteiger partial charge in [-0.3, -0.25) is 9.78 Å². The summed E-state index contributed by atoms with van der Waals surface area (Å²) in [6.45, 7) is 3.89. The number of thiazole rings is 1. The van der Waals surface area contributed by atoms with E-state index in [-0.39, 0.29) is 11.9 Å². The molecule has 0 aromatic carbocycles. The van der Waals surface area contributed by atoms with Crippen molar-refractivity contribution < 1.29 is 4.79 Å². The fourth-order valence-electron chi connectivity index (χ4n) is 1.53. The van der Waals surface area contributed by atoms with Crippen LogP contribution in [0.4, 0.5) is 0 Å². The van der Waals surface area contributed by atoms with Crippen molar-refractivity contribution in [2.75, 3.05) is 0 Å². The van der Waals surface area contributed by atoms with Crippen molar-refractivity contribution in [3.05, 3.63) is 35.5 Å². The van der Waals surface area contributed by atoms with E-state index in [1.54, 1.807) is 6.20 Å². The average Bonchev–Trinajstić information content (AvgIpc) is 2.77. The second kappa shape index (κ2) is 5.73. The highest BCUT2D eigenvalue weighted by Crippen LogP contribution is 2.21. The molecule has 0 aliphatic rings. The van der Waals surface area contributed by atoms with Crippen LogP contribution >= 0.6 is 11.3 Å². The lowest BCUT2D eigenvalue weighted by molar-refractivity contribution is -0.120. The lowest BCUT2D eigenvalue weighted by Crippen LogP contribution is -2.31. The minimum atomic E-state index is 0.00266. The van der Waals surface area contributed by atoms with Crippen LogP contribution in [-0.4, -0.2) is 21.9 Å². The predicted molar refractivity (Wildman–Crippen MR) is 72.3 cm³/mol. The van der Waals surface area contributed by atoms with Gasteiger partial charge in [0.1, 0.15) is 5.01 Å². The molecule has 2 rings (SSSR count). The quantitative estimate of drug-likeness (QED) is 0.918. The molecular weight excluding hydrogens is 246 g/mol. The van der Waals surface area contributed by atoms with E-state index in [9.17, 15) is 4.79 Å². The summed E-state index contributed by atoms with van der Waals surface area (Å²) in [4.78, 5) is 20.3. The zero-order chi connectivity index (χ0) is 13.0. The van der Waals surface area contributed by atoms with Crippen LogP contribution < -0.4 is 5.32 Å². The number of aromatic nitrogens is 2. The summed E-state index contributed by atoms with van der Waals surface area (Å²) < 4.78 is 0. The molecule has 0 unspecified atom stereocenters. The Morgan fingerprint density at radius 1 is 1.44 bits per heavy atom. The first-order valence-corrected chi connectivity index (χ1v) is 6.68. The Bertz CT molecular complexity index is 522. The molecule has 0 bridgehead atoms. The molecule has 94 valence electrons. The number of pyridine rings is 1. The second-order valence-corrected chi connectivity index (χ2v) is 5.12. The number of carbonyl (C=O) groups is 1. The van der Waals surface area contributed by atoms with E-state index in [1.807, 2.05) is 37.4 Å². The van der Waals surface area contributed by atoms with Gasteiger partial charge in [0.25, 0.3) is 0 Å². The molecule has 0 saturated carbocycles. The molecule has 0 fully saturated rings. The number of rotatable bonds is 4. The van der Waals surface area contributed by atoms with Crippen molar-refractivity contribution in [2.24, 2.45) is 0 Å². The Balaban J connectivity index is 2.05. The molecule has 0 spiro atoms. The molecule has 1 amide bonds. The molecule has 2 heterocycles. The summed E-state index contributed by atoms with van der Waals surface area (Å²) in [5, 5.41) is 5.61. The fourth-order valence-corrected chi connectivity index (χ4v) is 2.33. The first kappa shape index (κ1) is 12.7. The van der Waals surface area contributed by atoms with Gasteiger partial charge < -0.3 is 5.32 Å². The molecule has 0 aliphatic carbocycles. The molecule has 0 aliphatic heterocycles. The van der Waals surface area contributed by atoms with Crippen LogP contribution in [0.1, 0.15) is 19.5 Å². The largest absolute Gasteiger partial charge is 0.354 e. The van der Waals surface area contributed by atoms with Crippen LogP contribution in [0.15, 0.2) is 29.8 Å². The number of carbonyl (C=O) groups excluding carboxylic acids is 1. The Kier molecular flexibility index (Phi) is 4.04. The van der Waals surface area contributed by atoms with Crippen molar-refractivity contribution >= 4 is 17.2 Å². The van der Waals surface area contributed by atoms with Crippen molar-refractivity contribution in [2.45, 2.75) is 26.3 Å². The van der Waals surface area contributed by atoms with Gasteiger partial charge in [0.2, 0.25) is 5.91 Å². The van der Waals surface area contributed by atoms with Gasteiger partial charge in [-0.1, -0.05) is 6.07 Å². The van der Waals surface area contributed by atoms with Gasteiger partial charge in [0, 0.05) is 17.6 Å². The zero-order valence-corrected chi connectivity index (χ0v) is 11.2. The number of nitrogens with zero attached hydrogens (tertiary/aromatic N) is 2. The van der Waals surface area contributed by atoms with Gasteiger partial charge in [-0.25, -0.2) is 4.98 Å². The first-order valence-electron chi connectivity index (χ1n) is 5.80. The van der Waals surface area contributed by atoms with E-state index in [2.05, 4.69) is 15.3 Å². The van der Waals surface area contributed by atoms with Crippen molar-refractivity contribution in [3.63, 3.8) is 0 Å². The number of nitrogens with one attached hydrogen (secondary N) is 1. The third-order valence-corrected chi connectivity index (χ3v) is 3.14. The summed E-state index contributed by atoms with van der Waals surface area (Å²) in [6, 6.07) is 5.87. The molecule has 2 aromatic rings. The number of hydrogen-bond donors (Lipinski definition) is 1. The summed E-state index contributed by atoms with van der Waals surface area (Å²) in [6.07, 6.45) is 2.06. The van der Waals surface area contributed by atoms with E-state index < -0.39 is 0 Å². The summed E-state index contributed by atoms with van der Waals surface area (Å²) in [7, 11) is 0. The maximum Gasteiger partial charge on any atom is 0.226 e. The van der Waals surface area contributed by atoms with Crippen molar-refractivity contribution in [3.8, 4) is 10.7 Å². The SMILES string of the molecule is CC(C)NC(=O)Cc1csc(-c2ccccn2)n1. The normalized spacial score (nSPS) is 10.6. The number of hydrogen-bond acceptors (Lipinski definition) is 4. The first-order chi connectivity index (χ1) is 8.65. The molecule has 2 aromatic heterocycles. The van der Waals surface area contributed by atoms with Gasteiger partial charge in [-0.2, -0.15) is 0 Å². The lowest BCUT2D eigenvalue weighted by Gasteiger charge is -2.06. The van der Waals surface area contributed by atoms with Gasteiger partial charge in [0.15, 0.2) is 0 Å². The highest BCUT2D eigenvalue weighted by Gasteiger charge is 2.09. The van der Waals surface area contributed by atoms with E-state index >= 15 is 0 Å². The monoisotopic (exact) mass is 261 g/mol. The Labute approximate surface area is 110 Å². The van der Waals surface area contributed by atoms with Crippen LogP contribution in [0, 0.1) is 0 Å². The van der Waals surface area contributed by atoms with Crippen LogP contribution in [0.3, 0.4) is 0 Å². The summed E-state index contributed by atoms with van der Waals surface area (Å²) in [5.74, 6) is 0.00266. The maximum absolute atomic E-state index is 11.6. The number of amides is 1. The van der Waals surface area contributed by atoms with Crippen LogP contribution in [-0.2, 0) is 11.2 Å². The molecule has 0 saturated heterocycles.